The van der Waals surface area contributed by atoms with Crippen LogP contribution in [-0.2, 0) is 6.42 Å². The Hall–Kier alpha value is -2.78. The summed E-state index contributed by atoms with van der Waals surface area (Å²) in [5.74, 6) is -0.564. The maximum absolute atomic E-state index is 14.2. The van der Waals surface area contributed by atoms with E-state index < -0.39 is 5.82 Å². The Morgan fingerprint density at radius 3 is 3.00 bits per heavy atom. The van der Waals surface area contributed by atoms with Gasteiger partial charge >= 0.3 is 0 Å². The lowest BCUT2D eigenvalue weighted by Gasteiger charge is -2.04. The van der Waals surface area contributed by atoms with Crippen LogP contribution in [0.5, 0.6) is 0 Å². The lowest BCUT2D eigenvalue weighted by atomic mass is 10.1. The van der Waals surface area contributed by atoms with Gasteiger partial charge in [-0.1, -0.05) is 18.7 Å². The maximum atomic E-state index is 14.2. The first-order valence-electron chi connectivity index (χ1n) is 6.87. The van der Waals surface area contributed by atoms with Gasteiger partial charge in [-0.2, -0.15) is 5.26 Å². The second kappa shape index (κ2) is 5.78. The molecule has 0 aliphatic carbocycles. The van der Waals surface area contributed by atoms with E-state index in [1.807, 2.05) is 13.0 Å². The van der Waals surface area contributed by atoms with E-state index in [4.69, 9.17) is 5.26 Å². The largest absolute Gasteiger partial charge is 0.269 e. The van der Waals surface area contributed by atoms with Gasteiger partial charge in [-0.15, -0.1) is 11.3 Å². The second-order valence-electron chi connectivity index (χ2n) is 5.02. The molecule has 0 spiro atoms. The van der Waals surface area contributed by atoms with Crippen LogP contribution < -0.4 is 5.56 Å². The van der Waals surface area contributed by atoms with Crippen molar-refractivity contribution in [1.29, 1.82) is 5.26 Å². The van der Waals surface area contributed by atoms with Crippen molar-refractivity contribution in [2.75, 3.05) is 0 Å². The molecule has 114 valence electrons. The summed E-state index contributed by atoms with van der Waals surface area (Å²) >= 11 is 1.39. The molecule has 3 rings (SSSR count). The summed E-state index contributed by atoms with van der Waals surface area (Å²) in [5, 5.41) is 8.89. The zero-order valence-electron chi connectivity index (χ0n) is 12.3. The second-order valence-corrected chi connectivity index (χ2v) is 6.20. The Labute approximate surface area is 135 Å². The molecule has 1 aromatic carbocycles. The van der Waals surface area contributed by atoms with Crippen molar-refractivity contribution < 1.29 is 4.39 Å². The van der Waals surface area contributed by atoms with Gasteiger partial charge < -0.3 is 0 Å². The summed E-state index contributed by atoms with van der Waals surface area (Å²) in [5.41, 5.74) is 1.31. The van der Waals surface area contributed by atoms with Crippen LogP contribution in [-0.4, -0.2) is 9.38 Å². The van der Waals surface area contributed by atoms with Crippen molar-refractivity contribution in [1.82, 2.24) is 9.38 Å². The number of aryl methyl sites for hydroxylation is 1. The van der Waals surface area contributed by atoms with Crippen molar-refractivity contribution in [2.24, 2.45) is 0 Å². The van der Waals surface area contributed by atoms with E-state index in [2.05, 4.69) is 11.6 Å². The van der Waals surface area contributed by atoms with Gasteiger partial charge in [0, 0.05) is 17.4 Å². The number of halogens is 1. The zero-order valence-corrected chi connectivity index (χ0v) is 13.2. The fourth-order valence-electron chi connectivity index (χ4n) is 2.47. The van der Waals surface area contributed by atoms with Crippen LogP contribution >= 0.6 is 11.3 Å². The average Bonchev–Trinajstić information content (AvgIpc) is 2.85. The first kappa shape index (κ1) is 15.1. The fraction of sp³-hybridized carbons (Fsp3) is 0.118. The van der Waals surface area contributed by atoms with Gasteiger partial charge in [-0.05, 0) is 24.6 Å². The molecule has 2 heterocycles. The van der Waals surface area contributed by atoms with Gasteiger partial charge in [0.2, 0.25) is 0 Å². The minimum Gasteiger partial charge on any atom is -0.269 e. The number of hydrogen-bond donors (Lipinski definition) is 0. The number of hydrogen-bond acceptors (Lipinski definition) is 4. The van der Waals surface area contributed by atoms with Crippen molar-refractivity contribution in [3.8, 4) is 6.07 Å². The summed E-state index contributed by atoms with van der Waals surface area (Å²) in [4.78, 5) is 18.3. The molecule has 0 aliphatic heterocycles. The van der Waals surface area contributed by atoms with E-state index in [9.17, 15) is 9.18 Å². The van der Waals surface area contributed by atoms with E-state index >= 15 is 0 Å². The molecular weight excluding hydrogens is 313 g/mol. The average molecular weight is 325 g/mol. The van der Waals surface area contributed by atoms with E-state index in [0.29, 0.717) is 16.2 Å². The quantitative estimate of drug-likeness (QED) is 0.742. The summed E-state index contributed by atoms with van der Waals surface area (Å²) in [7, 11) is 0. The first-order valence-corrected chi connectivity index (χ1v) is 7.68. The number of aromatic nitrogens is 2. The van der Waals surface area contributed by atoms with Gasteiger partial charge in [0.05, 0.1) is 17.0 Å². The van der Waals surface area contributed by atoms with Crippen molar-refractivity contribution in [2.45, 2.75) is 13.3 Å². The van der Waals surface area contributed by atoms with Crippen LogP contribution in [0.25, 0.3) is 11.0 Å². The highest BCUT2D eigenvalue weighted by molar-refractivity contribution is 7.17. The topological polar surface area (TPSA) is 58.2 Å². The molecule has 0 amide bonds. The molecule has 0 unspecified atom stereocenters. The molecule has 6 heteroatoms. The van der Waals surface area contributed by atoms with Gasteiger partial charge in [0.25, 0.3) is 5.56 Å². The summed E-state index contributed by atoms with van der Waals surface area (Å²) in [6.45, 7) is 5.61. The number of benzene rings is 1. The van der Waals surface area contributed by atoms with E-state index in [-0.39, 0.29) is 17.5 Å². The number of rotatable bonds is 3. The molecule has 4 nitrogen and oxygen atoms in total. The molecule has 0 saturated heterocycles. The standard InChI is InChI=1S/C17H12FN3OS/c1-3-14-10(2)23-17-20-13(8-15(22)21(14)17)7-11-5-4-6-12(9-19)16(11)18/h3-6,8H,1,7H2,2H3. The highest BCUT2D eigenvalue weighted by atomic mass is 32.1. The van der Waals surface area contributed by atoms with Gasteiger partial charge in [-0.3, -0.25) is 9.20 Å². The number of nitrogens with zero attached hydrogens (tertiary/aromatic N) is 3. The minimum absolute atomic E-state index is 0.0128. The van der Waals surface area contributed by atoms with Crippen LogP contribution in [0.15, 0.2) is 35.6 Å². The lowest BCUT2D eigenvalue weighted by Crippen LogP contribution is -2.15. The lowest BCUT2D eigenvalue weighted by molar-refractivity contribution is 0.609. The Morgan fingerprint density at radius 1 is 1.52 bits per heavy atom. The predicted molar refractivity (Wildman–Crippen MR) is 88.1 cm³/mol. The first-order chi connectivity index (χ1) is 11.0. The minimum atomic E-state index is -0.564. The van der Waals surface area contributed by atoms with Crippen molar-refractivity contribution in [3.05, 3.63) is 74.4 Å². The summed E-state index contributed by atoms with van der Waals surface area (Å²) in [6.07, 6.45) is 1.78. The van der Waals surface area contributed by atoms with E-state index in [1.165, 1.54) is 27.9 Å². The molecule has 0 radical (unpaired) electrons. The van der Waals surface area contributed by atoms with Crippen LogP contribution in [0.1, 0.15) is 27.4 Å². The number of thiazole rings is 1. The normalized spacial score (nSPS) is 10.7. The van der Waals surface area contributed by atoms with Crippen LogP contribution in [0.4, 0.5) is 4.39 Å². The Bertz CT molecular complexity index is 1030. The molecule has 3 aromatic rings. The number of fused-ring (bicyclic) bond motifs is 1. The Balaban J connectivity index is 2.11. The molecule has 0 N–H and O–H groups in total. The molecule has 0 atom stereocenters. The van der Waals surface area contributed by atoms with Gasteiger partial charge in [0.1, 0.15) is 11.9 Å². The third-order valence-corrected chi connectivity index (χ3v) is 4.52. The van der Waals surface area contributed by atoms with Gasteiger partial charge in [0.15, 0.2) is 4.96 Å². The SMILES string of the molecule is C=Cc1c(C)sc2nc(Cc3cccc(C#N)c3F)cc(=O)n12. The van der Waals surface area contributed by atoms with Crippen molar-refractivity contribution >= 4 is 22.4 Å². The highest BCUT2D eigenvalue weighted by Gasteiger charge is 2.13. The van der Waals surface area contributed by atoms with Crippen LogP contribution in [0.3, 0.4) is 0 Å². The summed E-state index contributed by atoms with van der Waals surface area (Å²) in [6, 6.07) is 7.83. The monoisotopic (exact) mass is 325 g/mol. The van der Waals surface area contributed by atoms with Crippen LogP contribution in [0, 0.1) is 24.1 Å². The van der Waals surface area contributed by atoms with Crippen LogP contribution in [0.2, 0.25) is 0 Å². The third kappa shape index (κ3) is 2.56. The maximum Gasteiger partial charge on any atom is 0.259 e. The van der Waals surface area contributed by atoms with E-state index in [0.717, 1.165) is 10.6 Å². The molecule has 23 heavy (non-hydrogen) atoms. The molecular formula is C17H12FN3OS. The molecule has 0 fully saturated rings. The third-order valence-electron chi connectivity index (χ3n) is 3.55. The predicted octanol–water partition coefficient (Wildman–Crippen LogP) is 3.31. The Kier molecular flexibility index (Phi) is 3.80. The summed E-state index contributed by atoms with van der Waals surface area (Å²) < 4.78 is 15.7. The number of nitriles is 1. The van der Waals surface area contributed by atoms with Crippen molar-refractivity contribution in [3.63, 3.8) is 0 Å². The molecule has 0 saturated carbocycles. The zero-order chi connectivity index (χ0) is 16.6. The molecule has 2 aromatic heterocycles. The van der Waals surface area contributed by atoms with Gasteiger partial charge in [-0.25, -0.2) is 9.37 Å². The highest BCUT2D eigenvalue weighted by Crippen LogP contribution is 2.21. The molecule has 0 aliphatic rings. The van der Waals surface area contributed by atoms with E-state index in [1.54, 1.807) is 18.2 Å². The fourth-order valence-corrected chi connectivity index (χ4v) is 3.46. The Morgan fingerprint density at radius 2 is 2.30 bits per heavy atom. The smallest absolute Gasteiger partial charge is 0.259 e. The molecule has 0 bridgehead atoms.